The maximum Gasteiger partial charge on any atom is 0.0466 e. The summed E-state index contributed by atoms with van der Waals surface area (Å²) in [6.07, 6.45) is 2.56. The Hall–Kier alpha value is -2.80. The molecule has 13 heteroatoms. The van der Waals surface area contributed by atoms with Gasteiger partial charge in [0.1, 0.15) is 0 Å². The van der Waals surface area contributed by atoms with Crippen molar-refractivity contribution in [1.29, 1.82) is 0 Å². The van der Waals surface area contributed by atoms with Crippen LogP contribution in [0, 0.1) is 0 Å². The molecule has 1 saturated heterocycles. The molecular weight excluding hydrogens is 232 g/mol. The number of hydrogen-bond acceptors (Lipinski definition) is 1. The smallest absolute Gasteiger partial charge is 0.0466 e. The molecule has 13 nitrogen and oxygen atoms in total. The maximum absolute atomic E-state index is 6.75. The van der Waals surface area contributed by atoms with Crippen LogP contribution in [-0.2, 0) is 4.74 Å². The molecule has 0 spiro atoms. The Morgan fingerprint density at radius 3 is 0.765 bits per heavy atom. The number of ether oxygens (including phenoxy) is 1. The zero-order valence-electron chi connectivity index (χ0n) is 8.60. The lowest BCUT2D eigenvalue weighted by atomic mass is 10.4. The van der Waals surface area contributed by atoms with Gasteiger partial charge in [-0.15, -0.1) is 0 Å². The minimum absolute atomic E-state index is 1.00. The fourth-order valence-electron chi connectivity index (χ4n) is 0.510. The number of nitrogens with zero attached hydrogens (tertiary/aromatic N) is 12. The fourth-order valence-corrected chi connectivity index (χ4v) is 0.510. The van der Waals surface area contributed by atoms with Crippen molar-refractivity contribution in [3.63, 3.8) is 0 Å². The van der Waals surface area contributed by atoms with Gasteiger partial charge in [0.25, 0.3) is 0 Å². The van der Waals surface area contributed by atoms with Crippen molar-refractivity contribution < 1.29 is 4.74 Å². The van der Waals surface area contributed by atoms with E-state index < -0.39 is 0 Å². The van der Waals surface area contributed by atoms with E-state index in [4.69, 9.17) is 49.0 Å². The van der Waals surface area contributed by atoms with Crippen molar-refractivity contribution in [3.05, 3.63) is 63.9 Å². The SMILES string of the molecule is C1CCOC1.[N-]=[N+]=[N-].[N-]=[N+]=[N-].[N-]=[N+]=[N-].[N-]=[N+]=[N-]. The maximum atomic E-state index is 6.75. The van der Waals surface area contributed by atoms with Crippen LogP contribution in [-0.4, -0.2) is 13.2 Å². The lowest BCUT2D eigenvalue weighted by molar-refractivity contribution is 0.198. The van der Waals surface area contributed by atoms with Crippen molar-refractivity contribution in [2.75, 3.05) is 13.2 Å². The standard InChI is InChI=1S/C4H8O.4N3/c1-2-4-5-3-1;4*1-3-2/h1-4H2;;;;/q;4*-1. The van der Waals surface area contributed by atoms with E-state index in [9.17, 15) is 0 Å². The van der Waals surface area contributed by atoms with Gasteiger partial charge in [0.05, 0.1) is 0 Å². The predicted octanol–water partition coefficient (Wildman–Crippen LogP) is 4.26. The summed E-state index contributed by atoms with van der Waals surface area (Å²) < 4.78 is 4.94. The molecule has 17 heavy (non-hydrogen) atoms. The van der Waals surface area contributed by atoms with Crippen LogP contribution < -0.4 is 0 Å². The van der Waals surface area contributed by atoms with Crippen LogP contribution in [0.1, 0.15) is 12.8 Å². The van der Waals surface area contributed by atoms with E-state index in [1.807, 2.05) is 0 Å². The highest BCUT2D eigenvalue weighted by Gasteiger charge is 1.94. The molecule has 94 valence electrons. The monoisotopic (exact) mass is 240 g/mol. The van der Waals surface area contributed by atoms with Crippen LogP contribution in [0.3, 0.4) is 0 Å². The summed E-state index contributed by atoms with van der Waals surface area (Å²) in [6, 6.07) is 0. The van der Waals surface area contributed by atoms with Crippen LogP contribution >= 0.6 is 0 Å². The highest BCUT2D eigenvalue weighted by molar-refractivity contribution is 4.43. The van der Waals surface area contributed by atoms with E-state index in [0.717, 1.165) is 13.2 Å². The second kappa shape index (κ2) is 51.1. The first-order valence-corrected chi connectivity index (χ1v) is 3.68. The third kappa shape index (κ3) is 342. The molecule has 1 aliphatic heterocycles. The van der Waals surface area contributed by atoms with Gasteiger partial charge in [-0.3, -0.25) is 19.6 Å². The van der Waals surface area contributed by atoms with E-state index in [1.54, 1.807) is 0 Å². The van der Waals surface area contributed by atoms with Gasteiger partial charge in [-0.05, 0) is 12.8 Å². The first-order valence-electron chi connectivity index (χ1n) is 3.68. The van der Waals surface area contributed by atoms with Gasteiger partial charge in [-0.2, -0.15) is 0 Å². The molecule has 0 unspecified atom stereocenters. The molecule has 0 amide bonds. The van der Waals surface area contributed by atoms with Crippen LogP contribution in [0.2, 0.25) is 0 Å². The molecule has 1 fully saturated rings. The van der Waals surface area contributed by atoms with Crippen molar-refractivity contribution >= 4 is 0 Å². The lowest BCUT2D eigenvalue weighted by Crippen LogP contribution is -1.74. The zero-order chi connectivity index (χ0) is 14.4. The average molecular weight is 240 g/mol. The molecule has 0 bridgehead atoms. The first kappa shape index (κ1) is 23.8. The minimum atomic E-state index is 1.00. The molecule has 1 heterocycles. The van der Waals surface area contributed by atoms with Gasteiger partial charge in [-0.25, -0.2) is 0 Å². The summed E-state index contributed by atoms with van der Waals surface area (Å²) in [4.78, 5) is 6.00. The summed E-state index contributed by atoms with van der Waals surface area (Å²) in [5.41, 5.74) is 54.0. The largest absolute Gasteiger partial charge is 0.381 e. The van der Waals surface area contributed by atoms with Crippen molar-refractivity contribution in [2.45, 2.75) is 12.8 Å². The molecular formula is C4H8N12O-4. The second-order valence-electron chi connectivity index (χ2n) is 1.68. The van der Waals surface area contributed by atoms with Gasteiger partial charge in [0.2, 0.25) is 0 Å². The summed E-state index contributed by atoms with van der Waals surface area (Å²) in [7, 11) is 0. The number of hydrogen-bond donors (Lipinski definition) is 0. The molecule has 0 aromatic carbocycles. The van der Waals surface area contributed by atoms with E-state index in [1.165, 1.54) is 32.5 Å². The van der Waals surface area contributed by atoms with Crippen molar-refractivity contribution in [1.82, 2.24) is 0 Å². The molecule has 1 aliphatic rings. The molecule has 1 rings (SSSR count). The normalized spacial score (nSPS) is 8.94. The predicted molar refractivity (Wildman–Crippen MR) is 60.4 cm³/mol. The Bertz CT molecular complexity index is 201. The van der Waals surface area contributed by atoms with E-state index in [0.29, 0.717) is 0 Å². The summed E-state index contributed by atoms with van der Waals surface area (Å²) in [5.74, 6) is 0. The second-order valence-corrected chi connectivity index (χ2v) is 1.68. The Morgan fingerprint density at radius 1 is 0.529 bits per heavy atom. The highest BCUT2D eigenvalue weighted by Crippen LogP contribution is 1.98. The molecule has 0 aromatic rings. The van der Waals surface area contributed by atoms with Crippen LogP contribution in [0.15, 0.2) is 0 Å². The lowest BCUT2D eigenvalue weighted by Gasteiger charge is -1.76. The zero-order valence-corrected chi connectivity index (χ0v) is 8.60. The van der Waals surface area contributed by atoms with Crippen molar-refractivity contribution in [3.8, 4) is 0 Å². The quantitative estimate of drug-likeness (QED) is 0.335. The highest BCUT2D eigenvalue weighted by atomic mass is 16.5. The van der Waals surface area contributed by atoms with Gasteiger partial charge in [0, 0.05) is 13.2 Å². The molecule has 0 aliphatic carbocycles. The Balaban J connectivity index is -0.0000000642. The van der Waals surface area contributed by atoms with Crippen LogP contribution in [0.5, 0.6) is 0 Å². The van der Waals surface area contributed by atoms with E-state index >= 15 is 0 Å². The molecule has 0 aromatic heterocycles. The van der Waals surface area contributed by atoms with Gasteiger partial charge in [0.15, 0.2) is 0 Å². The Morgan fingerprint density at radius 2 is 0.706 bits per heavy atom. The molecule has 0 atom stereocenters. The summed E-state index contributed by atoms with van der Waals surface area (Å²) in [5, 5.41) is 0. The van der Waals surface area contributed by atoms with Crippen LogP contribution in [0.25, 0.3) is 63.9 Å². The molecule has 0 saturated carbocycles. The van der Waals surface area contributed by atoms with Gasteiger partial charge in [-0.1, -0.05) is 0 Å². The molecule has 0 N–H and O–H groups in total. The third-order valence-electron chi connectivity index (χ3n) is 0.827. The summed E-state index contributed by atoms with van der Waals surface area (Å²) in [6.45, 7) is 2.00. The van der Waals surface area contributed by atoms with Gasteiger partial charge < -0.3 is 49.0 Å². The van der Waals surface area contributed by atoms with Crippen LogP contribution in [0.4, 0.5) is 0 Å². The third-order valence-corrected chi connectivity index (χ3v) is 0.827. The topological polar surface area (TPSA) is 244 Å². The van der Waals surface area contributed by atoms with E-state index in [2.05, 4.69) is 0 Å². The Labute approximate surface area is 95.7 Å². The average Bonchev–Trinajstić information content (AvgIpc) is 2.79. The van der Waals surface area contributed by atoms with Gasteiger partial charge >= 0.3 is 0 Å². The Kier molecular flexibility index (Phi) is 71.5. The fraction of sp³-hybridized carbons (Fsp3) is 1.00. The number of rotatable bonds is 0. The first-order chi connectivity index (χ1) is 8.16. The summed E-state index contributed by atoms with van der Waals surface area (Å²) >= 11 is 0. The van der Waals surface area contributed by atoms with E-state index in [-0.39, 0.29) is 0 Å². The minimum Gasteiger partial charge on any atom is -0.381 e. The molecule has 0 radical (unpaired) electrons. The van der Waals surface area contributed by atoms with Crippen molar-refractivity contribution in [2.24, 2.45) is 0 Å².